The standard InChI is InChI=1S/C29H26Br2O/c1-18-11-19(2)14-23(13-18)29(32,24-15-20(3)12-21(4)16-24)28-17-26(31)9-10-27(28)22-5-7-25(30)8-6-22/h5-17,32H,1-4H3. The fourth-order valence-corrected chi connectivity index (χ4v) is 5.17. The molecule has 0 saturated heterocycles. The zero-order valence-electron chi connectivity index (χ0n) is 18.7. The number of halogens is 2. The minimum Gasteiger partial charge on any atom is -0.376 e. The van der Waals surface area contributed by atoms with Gasteiger partial charge in [0, 0.05) is 14.5 Å². The van der Waals surface area contributed by atoms with Gasteiger partial charge in [-0.25, -0.2) is 0 Å². The number of rotatable bonds is 4. The molecule has 0 radical (unpaired) electrons. The first-order valence-electron chi connectivity index (χ1n) is 10.6. The lowest BCUT2D eigenvalue weighted by molar-refractivity contribution is 0.126. The van der Waals surface area contributed by atoms with Crippen LogP contribution in [-0.4, -0.2) is 5.11 Å². The molecule has 4 aromatic rings. The highest BCUT2D eigenvalue weighted by atomic mass is 79.9. The summed E-state index contributed by atoms with van der Waals surface area (Å²) in [5.74, 6) is 0. The van der Waals surface area contributed by atoms with E-state index < -0.39 is 5.60 Å². The largest absolute Gasteiger partial charge is 0.376 e. The molecule has 162 valence electrons. The Morgan fingerprint density at radius 3 is 1.47 bits per heavy atom. The zero-order valence-corrected chi connectivity index (χ0v) is 21.9. The lowest BCUT2D eigenvalue weighted by Gasteiger charge is -2.33. The van der Waals surface area contributed by atoms with E-state index in [0.29, 0.717) is 0 Å². The predicted molar refractivity (Wildman–Crippen MR) is 141 cm³/mol. The first-order valence-corrected chi connectivity index (χ1v) is 12.2. The monoisotopic (exact) mass is 548 g/mol. The molecule has 32 heavy (non-hydrogen) atoms. The quantitative estimate of drug-likeness (QED) is 0.253. The summed E-state index contributed by atoms with van der Waals surface area (Å²) in [5, 5.41) is 12.7. The van der Waals surface area contributed by atoms with Gasteiger partial charge in [0.25, 0.3) is 0 Å². The number of aryl methyl sites for hydroxylation is 4. The number of hydrogen-bond donors (Lipinski definition) is 1. The van der Waals surface area contributed by atoms with Crippen molar-refractivity contribution in [3.8, 4) is 11.1 Å². The molecule has 0 saturated carbocycles. The van der Waals surface area contributed by atoms with Gasteiger partial charge in [-0.05, 0) is 74.2 Å². The van der Waals surface area contributed by atoms with Crippen LogP contribution in [0.15, 0.2) is 87.8 Å². The Labute approximate surface area is 207 Å². The van der Waals surface area contributed by atoms with E-state index in [9.17, 15) is 5.11 Å². The summed E-state index contributed by atoms with van der Waals surface area (Å²) < 4.78 is 1.96. The van der Waals surface area contributed by atoms with Crippen molar-refractivity contribution in [2.45, 2.75) is 33.3 Å². The Morgan fingerprint density at radius 2 is 1.00 bits per heavy atom. The molecule has 3 heteroatoms. The van der Waals surface area contributed by atoms with Gasteiger partial charge in [-0.15, -0.1) is 0 Å². The van der Waals surface area contributed by atoms with E-state index in [4.69, 9.17) is 0 Å². The van der Waals surface area contributed by atoms with Crippen LogP contribution >= 0.6 is 31.9 Å². The van der Waals surface area contributed by atoms with Gasteiger partial charge < -0.3 is 5.11 Å². The summed E-state index contributed by atoms with van der Waals surface area (Å²) in [6, 6.07) is 27.1. The normalized spacial score (nSPS) is 11.6. The zero-order chi connectivity index (χ0) is 23.0. The van der Waals surface area contributed by atoms with Crippen molar-refractivity contribution in [3.05, 3.63) is 127 Å². The van der Waals surface area contributed by atoms with Crippen molar-refractivity contribution in [2.24, 2.45) is 0 Å². The van der Waals surface area contributed by atoms with Gasteiger partial charge in [0.05, 0.1) is 0 Å². The molecule has 1 N–H and O–H groups in total. The molecule has 0 aliphatic carbocycles. The lowest BCUT2D eigenvalue weighted by atomic mass is 9.76. The number of hydrogen-bond acceptors (Lipinski definition) is 1. The third kappa shape index (κ3) is 4.47. The Bertz CT molecular complexity index is 1200. The average Bonchev–Trinajstić information content (AvgIpc) is 2.72. The van der Waals surface area contributed by atoms with E-state index in [1.54, 1.807) is 0 Å². The van der Waals surface area contributed by atoms with Crippen LogP contribution in [0.3, 0.4) is 0 Å². The molecule has 0 aromatic heterocycles. The van der Waals surface area contributed by atoms with Gasteiger partial charge in [-0.1, -0.05) is 109 Å². The van der Waals surface area contributed by atoms with Crippen LogP contribution < -0.4 is 0 Å². The van der Waals surface area contributed by atoms with Crippen molar-refractivity contribution in [1.29, 1.82) is 0 Å². The summed E-state index contributed by atoms with van der Waals surface area (Å²) in [6.07, 6.45) is 0. The minimum absolute atomic E-state index is 0.851. The molecular weight excluding hydrogens is 524 g/mol. The molecule has 0 atom stereocenters. The second-order valence-electron chi connectivity index (χ2n) is 8.66. The van der Waals surface area contributed by atoms with Crippen molar-refractivity contribution in [2.75, 3.05) is 0 Å². The summed E-state index contributed by atoms with van der Waals surface area (Å²) in [7, 11) is 0. The van der Waals surface area contributed by atoms with E-state index in [-0.39, 0.29) is 0 Å². The third-order valence-corrected chi connectivity index (χ3v) is 6.83. The summed E-state index contributed by atoms with van der Waals surface area (Å²) in [4.78, 5) is 0. The number of aliphatic hydroxyl groups is 1. The van der Waals surface area contributed by atoms with Crippen LogP contribution in [-0.2, 0) is 5.60 Å². The molecule has 0 spiro atoms. The lowest BCUT2D eigenvalue weighted by Crippen LogP contribution is -2.30. The van der Waals surface area contributed by atoms with Crippen LogP contribution in [0.4, 0.5) is 0 Å². The molecule has 4 aromatic carbocycles. The average molecular weight is 550 g/mol. The first-order chi connectivity index (χ1) is 15.2. The Hall–Kier alpha value is -2.20. The first kappa shape index (κ1) is 23.0. The molecular formula is C29H26Br2O. The molecule has 0 fully saturated rings. The van der Waals surface area contributed by atoms with Crippen LogP contribution in [0.5, 0.6) is 0 Å². The van der Waals surface area contributed by atoms with Crippen molar-refractivity contribution < 1.29 is 5.11 Å². The highest BCUT2D eigenvalue weighted by molar-refractivity contribution is 9.10. The van der Waals surface area contributed by atoms with Crippen LogP contribution in [0.25, 0.3) is 11.1 Å². The molecule has 0 bridgehead atoms. The maximum absolute atomic E-state index is 12.7. The van der Waals surface area contributed by atoms with E-state index in [1.165, 1.54) is 0 Å². The molecule has 0 aliphatic rings. The van der Waals surface area contributed by atoms with Gasteiger partial charge >= 0.3 is 0 Å². The molecule has 1 nitrogen and oxygen atoms in total. The van der Waals surface area contributed by atoms with E-state index in [2.05, 4.69) is 114 Å². The SMILES string of the molecule is Cc1cc(C)cc(C(O)(c2cc(C)cc(C)c2)c2cc(Br)ccc2-c2ccc(Br)cc2)c1. The molecule has 0 amide bonds. The molecule has 0 unspecified atom stereocenters. The summed E-state index contributed by atoms with van der Waals surface area (Å²) >= 11 is 7.19. The summed E-state index contributed by atoms with van der Waals surface area (Å²) in [6.45, 7) is 8.31. The topological polar surface area (TPSA) is 20.2 Å². The van der Waals surface area contributed by atoms with Crippen LogP contribution in [0.2, 0.25) is 0 Å². The molecule has 0 aliphatic heterocycles. The second-order valence-corrected chi connectivity index (χ2v) is 10.5. The summed E-state index contributed by atoms with van der Waals surface area (Å²) in [5.41, 5.74) is 7.85. The Morgan fingerprint density at radius 1 is 0.562 bits per heavy atom. The Balaban J connectivity index is 2.10. The van der Waals surface area contributed by atoms with Crippen molar-refractivity contribution in [1.82, 2.24) is 0 Å². The predicted octanol–water partition coefficient (Wildman–Crippen LogP) is 8.40. The van der Waals surface area contributed by atoms with Gasteiger partial charge in [-0.2, -0.15) is 0 Å². The van der Waals surface area contributed by atoms with Gasteiger partial charge in [-0.3, -0.25) is 0 Å². The molecule has 0 heterocycles. The van der Waals surface area contributed by atoms with Gasteiger partial charge in [0.2, 0.25) is 0 Å². The van der Waals surface area contributed by atoms with Crippen molar-refractivity contribution >= 4 is 31.9 Å². The molecule has 4 rings (SSSR count). The fraction of sp³-hybridized carbons (Fsp3) is 0.172. The maximum atomic E-state index is 12.7. The van der Waals surface area contributed by atoms with Crippen LogP contribution in [0.1, 0.15) is 38.9 Å². The fourth-order valence-electron chi connectivity index (χ4n) is 4.54. The highest BCUT2D eigenvalue weighted by Crippen LogP contribution is 2.44. The van der Waals surface area contributed by atoms with Crippen molar-refractivity contribution in [3.63, 3.8) is 0 Å². The van der Waals surface area contributed by atoms with Crippen LogP contribution in [0, 0.1) is 27.7 Å². The van der Waals surface area contributed by atoms with Gasteiger partial charge in [0.1, 0.15) is 5.60 Å². The second kappa shape index (κ2) is 8.97. The van der Waals surface area contributed by atoms with E-state index >= 15 is 0 Å². The van der Waals surface area contributed by atoms with E-state index in [1.807, 2.05) is 24.3 Å². The Kier molecular flexibility index (Phi) is 6.44. The number of benzene rings is 4. The minimum atomic E-state index is -1.32. The smallest absolute Gasteiger partial charge is 0.141 e. The highest BCUT2D eigenvalue weighted by Gasteiger charge is 2.37. The van der Waals surface area contributed by atoms with Gasteiger partial charge in [0.15, 0.2) is 0 Å². The third-order valence-electron chi connectivity index (χ3n) is 5.81. The van der Waals surface area contributed by atoms with E-state index in [0.717, 1.165) is 59.0 Å². The maximum Gasteiger partial charge on any atom is 0.141 e.